The molecule has 4 N–H and O–H groups in total. The Balaban J connectivity index is 0.00000242. The van der Waals surface area contributed by atoms with Crippen molar-refractivity contribution < 1.29 is 17.3 Å². The van der Waals surface area contributed by atoms with Gasteiger partial charge in [-0.2, -0.15) is 0 Å². The molecule has 0 aliphatic carbocycles. The molecule has 0 fully saturated rings. The smallest absolute Gasteiger partial charge is 0.292 e. The Labute approximate surface area is 135 Å². The summed E-state index contributed by atoms with van der Waals surface area (Å²) in [6.07, 6.45) is 0. The molecule has 2 aromatic carbocycles. The fraction of sp³-hybridized carbons (Fsp3) is 0.200. The predicted molar refractivity (Wildman–Crippen MR) is 84.4 cm³/mol. The van der Waals surface area contributed by atoms with Gasteiger partial charge in [-0.05, 0) is 17.7 Å². The van der Waals surface area contributed by atoms with Gasteiger partial charge in [-0.15, -0.1) is 0 Å². The van der Waals surface area contributed by atoms with Crippen LogP contribution in [0.1, 0.15) is 5.56 Å². The number of nitrogens with two attached hydrogens (primary N) is 1. The third kappa shape index (κ3) is 4.91. The third-order valence-electron chi connectivity index (χ3n) is 2.99. The van der Waals surface area contributed by atoms with Crippen LogP contribution in [0.5, 0.6) is 0 Å². The largest absolute Gasteiger partial charge is 1.00 e. The van der Waals surface area contributed by atoms with Crippen molar-refractivity contribution in [2.75, 3.05) is 23.7 Å². The first-order chi connectivity index (χ1) is 10.2. The average molecular weight is 322 g/mol. The van der Waals surface area contributed by atoms with Crippen LogP contribution in [-0.4, -0.2) is 18.0 Å². The molecule has 2 aromatic rings. The zero-order valence-electron chi connectivity index (χ0n) is 12.0. The lowest BCUT2D eigenvalue weighted by Gasteiger charge is -2.10. The molecule has 0 amide bonds. The van der Waals surface area contributed by atoms with Gasteiger partial charge < -0.3 is 28.8 Å². The lowest BCUT2D eigenvalue weighted by Crippen LogP contribution is -3.00. The fourth-order valence-corrected chi connectivity index (χ4v) is 1.96. The Morgan fingerprint density at radius 3 is 2.45 bits per heavy atom. The lowest BCUT2D eigenvalue weighted by atomic mass is 10.2. The summed E-state index contributed by atoms with van der Waals surface area (Å²) >= 11 is 0. The molecule has 7 heteroatoms. The van der Waals surface area contributed by atoms with Crippen molar-refractivity contribution in [2.45, 2.75) is 6.54 Å². The van der Waals surface area contributed by atoms with Crippen molar-refractivity contribution in [1.29, 1.82) is 0 Å². The Hall–Kier alpha value is -2.31. The van der Waals surface area contributed by atoms with E-state index in [9.17, 15) is 10.1 Å². The molecule has 0 unspecified atom stereocenters. The average Bonchev–Trinajstić information content (AvgIpc) is 2.51. The number of nitro groups is 1. The van der Waals surface area contributed by atoms with Gasteiger partial charge >= 0.3 is 0 Å². The summed E-state index contributed by atoms with van der Waals surface area (Å²) in [6.45, 7) is 1.65. The maximum absolute atomic E-state index is 11.1. The maximum atomic E-state index is 11.1. The molecule has 22 heavy (non-hydrogen) atoms. The first-order valence-corrected chi connectivity index (χ1v) is 6.71. The second kappa shape index (κ2) is 8.86. The summed E-state index contributed by atoms with van der Waals surface area (Å²) in [4.78, 5) is 10.7. The van der Waals surface area contributed by atoms with Crippen LogP contribution < -0.4 is 28.8 Å². The number of rotatable bonds is 7. The molecule has 0 spiro atoms. The topological polar surface area (TPSA) is 93.2 Å². The minimum Gasteiger partial charge on any atom is -1.00 e. The highest BCUT2D eigenvalue weighted by Gasteiger charge is 2.13. The second-order valence-corrected chi connectivity index (χ2v) is 4.54. The highest BCUT2D eigenvalue weighted by atomic mass is 35.5. The lowest BCUT2D eigenvalue weighted by molar-refractivity contribution is -0.383. The normalized spacial score (nSPS) is 9.68. The van der Waals surface area contributed by atoms with Gasteiger partial charge in [0.05, 0.1) is 4.92 Å². The van der Waals surface area contributed by atoms with Crippen molar-refractivity contribution in [2.24, 2.45) is 5.73 Å². The Morgan fingerprint density at radius 2 is 1.82 bits per heavy atom. The molecular weight excluding hydrogens is 304 g/mol. The summed E-state index contributed by atoms with van der Waals surface area (Å²) in [5, 5.41) is 17.3. The van der Waals surface area contributed by atoms with Crippen LogP contribution >= 0.6 is 0 Å². The summed E-state index contributed by atoms with van der Waals surface area (Å²) in [6, 6.07) is 14.6. The maximum Gasteiger partial charge on any atom is 0.292 e. The fourth-order valence-electron chi connectivity index (χ4n) is 1.96. The first kappa shape index (κ1) is 17.7. The number of nitrogens with zero attached hydrogens (tertiary/aromatic N) is 1. The molecule has 2 rings (SSSR count). The molecule has 0 radical (unpaired) electrons. The molecule has 118 valence electrons. The summed E-state index contributed by atoms with van der Waals surface area (Å²) in [7, 11) is 0. The molecule has 0 atom stereocenters. The highest BCUT2D eigenvalue weighted by Crippen LogP contribution is 2.28. The number of nitrogens with one attached hydrogen (secondary N) is 2. The minimum absolute atomic E-state index is 0. The van der Waals surface area contributed by atoms with Gasteiger partial charge in [0.25, 0.3) is 5.69 Å². The van der Waals surface area contributed by atoms with Gasteiger partial charge in [0.15, 0.2) is 0 Å². The zero-order valence-corrected chi connectivity index (χ0v) is 12.7. The second-order valence-electron chi connectivity index (χ2n) is 4.54. The monoisotopic (exact) mass is 321 g/mol. The quantitative estimate of drug-likeness (QED) is 0.476. The van der Waals surface area contributed by atoms with E-state index in [1.807, 2.05) is 30.3 Å². The van der Waals surface area contributed by atoms with E-state index in [4.69, 9.17) is 5.73 Å². The van der Waals surface area contributed by atoms with Gasteiger partial charge in [-0.1, -0.05) is 30.3 Å². The highest BCUT2D eigenvalue weighted by molar-refractivity contribution is 5.68. The molecule has 0 aromatic heterocycles. The van der Waals surface area contributed by atoms with Crippen LogP contribution in [0.25, 0.3) is 0 Å². The molecule has 0 aliphatic rings. The van der Waals surface area contributed by atoms with Crippen molar-refractivity contribution >= 4 is 17.1 Å². The van der Waals surface area contributed by atoms with E-state index < -0.39 is 0 Å². The van der Waals surface area contributed by atoms with Crippen LogP contribution in [0, 0.1) is 10.1 Å². The SMILES string of the molecule is NCCNc1ccc([N+](=O)[O-])c(NCc2ccccc2)c1.[Cl-]. The minimum atomic E-state index is -0.389. The van der Waals surface area contributed by atoms with Gasteiger partial charge in [-0.25, -0.2) is 0 Å². The number of anilines is 2. The molecule has 0 saturated carbocycles. The molecule has 0 aliphatic heterocycles. The number of nitro benzene ring substituents is 1. The van der Waals surface area contributed by atoms with Crippen molar-refractivity contribution in [3.05, 3.63) is 64.2 Å². The third-order valence-corrected chi connectivity index (χ3v) is 2.99. The molecule has 0 bridgehead atoms. The van der Waals surface area contributed by atoms with Gasteiger partial charge in [0.2, 0.25) is 0 Å². The van der Waals surface area contributed by atoms with Crippen molar-refractivity contribution in [1.82, 2.24) is 0 Å². The van der Waals surface area contributed by atoms with E-state index in [0.717, 1.165) is 11.3 Å². The number of benzene rings is 2. The predicted octanol–water partition coefficient (Wildman–Crippen LogP) is -0.418. The molecule has 6 nitrogen and oxygen atoms in total. The Morgan fingerprint density at radius 1 is 1.09 bits per heavy atom. The van der Waals surface area contributed by atoms with Crippen LogP contribution in [0.2, 0.25) is 0 Å². The molecule has 0 heterocycles. The number of hydrogen-bond acceptors (Lipinski definition) is 5. The van der Waals surface area contributed by atoms with E-state index in [1.54, 1.807) is 12.1 Å². The molecule has 0 saturated heterocycles. The van der Waals surface area contributed by atoms with Gasteiger partial charge in [-0.3, -0.25) is 10.1 Å². The van der Waals surface area contributed by atoms with E-state index in [0.29, 0.717) is 25.3 Å². The van der Waals surface area contributed by atoms with Crippen LogP contribution in [-0.2, 0) is 6.54 Å². The van der Waals surface area contributed by atoms with Gasteiger partial charge in [0, 0.05) is 31.4 Å². The van der Waals surface area contributed by atoms with Crippen LogP contribution in [0.3, 0.4) is 0 Å². The van der Waals surface area contributed by atoms with E-state index >= 15 is 0 Å². The molecular formula is C15H18ClN4O2-. The van der Waals surface area contributed by atoms with E-state index in [2.05, 4.69) is 10.6 Å². The van der Waals surface area contributed by atoms with Crippen LogP contribution in [0.15, 0.2) is 48.5 Å². The zero-order chi connectivity index (χ0) is 15.1. The first-order valence-electron chi connectivity index (χ1n) is 6.71. The van der Waals surface area contributed by atoms with Crippen molar-refractivity contribution in [3.63, 3.8) is 0 Å². The number of halogens is 1. The van der Waals surface area contributed by atoms with Crippen LogP contribution in [0.4, 0.5) is 17.1 Å². The summed E-state index contributed by atoms with van der Waals surface area (Å²) in [5.41, 5.74) is 7.86. The Kier molecular flexibility index (Phi) is 7.15. The van der Waals surface area contributed by atoms with E-state index in [-0.39, 0.29) is 23.0 Å². The summed E-state index contributed by atoms with van der Waals surface area (Å²) in [5.74, 6) is 0. The Bertz CT molecular complexity index is 608. The summed E-state index contributed by atoms with van der Waals surface area (Å²) < 4.78 is 0. The standard InChI is InChI=1S/C15H18N4O2.ClH/c16-8-9-17-13-6-7-15(19(20)21)14(10-13)18-11-12-4-2-1-3-5-12;/h1-7,10,17-18H,8-9,11,16H2;1H/p-1. The van der Waals surface area contributed by atoms with Crippen molar-refractivity contribution in [3.8, 4) is 0 Å². The van der Waals surface area contributed by atoms with Gasteiger partial charge in [0.1, 0.15) is 5.69 Å². The number of hydrogen-bond donors (Lipinski definition) is 3. The van der Waals surface area contributed by atoms with E-state index in [1.165, 1.54) is 6.07 Å².